The Kier molecular flexibility index (Phi) is 3.62. The molecular weight excluding hydrogens is 266 g/mol. The summed E-state index contributed by atoms with van der Waals surface area (Å²) in [5, 5.41) is 9.15. The lowest BCUT2D eigenvalue weighted by molar-refractivity contribution is 0.413. The molecule has 5 nitrogen and oxygen atoms in total. The maximum Gasteiger partial charge on any atom is 0.262 e. The van der Waals surface area contributed by atoms with Crippen LogP contribution in [0.1, 0.15) is 0 Å². The monoisotopic (exact) mass is 279 g/mol. The second-order valence-electron chi connectivity index (χ2n) is 3.83. The van der Waals surface area contributed by atoms with Gasteiger partial charge in [0.25, 0.3) is 10.0 Å². The summed E-state index contributed by atoms with van der Waals surface area (Å²) in [5.74, 6) is 0.540. The van der Waals surface area contributed by atoms with Gasteiger partial charge in [0.2, 0.25) is 0 Å². The minimum Gasteiger partial charge on any atom is -0.508 e. The topological polar surface area (TPSA) is 75.6 Å². The summed E-state index contributed by atoms with van der Waals surface area (Å²) in [6.07, 6.45) is 0. The van der Waals surface area contributed by atoms with Crippen LogP contribution in [0.4, 0.5) is 5.69 Å². The minimum atomic E-state index is -3.67. The van der Waals surface area contributed by atoms with Crippen molar-refractivity contribution >= 4 is 15.7 Å². The van der Waals surface area contributed by atoms with Crippen LogP contribution in [0.2, 0.25) is 0 Å². The van der Waals surface area contributed by atoms with Gasteiger partial charge in [0.05, 0.1) is 12.0 Å². The van der Waals surface area contributed by atoms with Crippen LogP contribution in [0, 0.1) is 0 Å². The van der Waals surface area contributed by atoms with E-state index < -0.39 is 10.0 Å². The predicted octanol–water partition coefficient (Wildman–Crippen LogP) is 2.20. The van der Waals surface area contributed by atoms with Crippen LogP contribution in [-0.4, -0.2) is 20.6 Å². The number of aromatic hydroxyl groups is 1. The molecule has 0 saturated heterocycles. The number of rotatable bonds is 4. The summed E-state index contributed by atoms with van der Waals surface area (Å²) in [4.78, 5) is 0.111. The quantitative estimate of drug-likeness (QED) is 0.841. The lowest BCUT2D eigenvalue weighted by Gasteiger charge is -2.09. The number of phenols is 1. The molecule has 2 rings (SSSR count). The van der Waals surface area contributed by atoms with Gasteiger partial charge in [-0.2, -0.15) is 0 Å². The third-order valence-electron chi connectivity index (χ3n) is 2.47. The summed E-state index contributed by atoms with van der Waals surface area (Å²) < 4.78 is 31.7. The SMILES string of the molecule is COc1cccc(S(=O)(=O)Nc2ccc(O)cc2)c1. The molecular formula is C13H13NO4S. The maximum absolute atomic E-state index is 12.1. The molecule has 0 aliphatic rings. The van der Waals surface area contributed by atoms with Gasteiger partial charge in [-0.05, 0) is 36.4 Å². The average molecular weight is 279 g/mol. The van der Waals surface area contributed by atoms with E-state index in [1.54, 1.807) is 12.1 Å². The van der Waals surface area contributed by atoms with E-state index >= 15 is 0 Å². The zero-order valence-electron chi connectivity index (χ0n) is 10.2. The van der Waals surface area contributed by atoms with Crippen molar-refractivity contribution in [2.24, 2.45) is 0 Å². The zero-order valence-corrected chi connectivity index (χ0v) is 11.0. The van der Waals surface area contributed by atoms with Gasteiger partial charge in [-0.3, -0.25) is 4.72 Å². The second kappa shape index (κ2) is 5.19. The molecule has 0 spiro atoms. The van der Waals surface area contributed by atoms with Gasteiger partial charge in [0.1, 0.15) is 11.5 Å². The van der Waals surface area contributed by atoms with E-state index in [2.05, 4.69) is 4.72 Å². The number of hydrogen-bond donors (Lipinski definition) is 2. The third-order valence-corrected chi connectivity index (χ3v) is 3.85. The molecule has 0 saturated carbocycles. The zero-order chi connectivity index (χ0) is 13.9. The highest BCUT2D eigenvalue weighted by molar-refractivity contribution is 7.92. The van der Waals surface area contributed by atoms with Crippen LogP contribution in [-0.2, 0) is 10.0 Å². The highest BCUT2D eigenvalue weighted by Crippen LogP contribution is 2.21. The van der Waals surface area contributed by atoms with E-state index in [-0.39, 0.29) is 10.6 Å². The number of methoxy groups -OCH3 is 1. The number of anilines is 1. The highest BCUT2D eigenvalue weighted by atomic mass is 32.2. The molecule has 19 heavy (non-hydrogen) atoms. The molecule has 0 bridgehead atoms. The van der Waals surface area contributed by atoms with Crippen LogP contribution in [0.25, 0.3) is 0 Å². The molecule has 6 heteroatoms. The first-order valence-corrected chi connectivity index (χ1v) is 6.95. The highest BCUT2D eigenvalue weighted by Gasteiger charge is 2.14. The Balaban J connectivity index is 2.29. The largest absolute Gasteiger partial charge is 0.508 e. The van der Waals surface area contributed by atoms with Gasteiger partial charge in [-0.1, -0.05) is 6.07 Å². The number of phenolic OH excluding ortho intramolecular Hbond substituents is 1. The molecule has 0 aliphatic heterocycles. The van der Waals surface area contributed by atoms with E-state index in [0.717, 1.165) is 0 Å². The van der Waals surface area contributed by atoms with Gasteiger partial charge in [0, 0.05) is 11.8 Å². The van der Waals surface area contributed by atoms with E-state index in [9.17, 15) is 8.42 Å². The fourth-order valence-corrected chi connectivity index (χ4v) is 2.61. The number of sulfonamides is 1. The van der Waals surface area contributed by atoms with Crippen molar-refractivity contribution in [3.63, 3.8) is 0 Å². The predicted molar refractivity (Wildman–Crippen MR) is 71.9 cm³/mol. The lowest BCUT2D eigenvalue weighted by atomic mass is 10.3. The molecule has 0 amide bonds. The molecule has 0 aromatic heterocycles. The van der Waals surface area contributed by atoms with Gasteiger partial charge >= 0.3 is 0 Å². The van der Waals surface area contributed by atoms with Crippen molar-refractivity contribution < 1.29 is 18.3 Å². The summed E-state index contributed by atoms with van der Waals surface area (Å²) in [5.41, 5.74) is 0.376. The van der Waals surface area contributed by atoms with Crippen molar-refractivity contribution in [3.05, 3.63) is 48.5 Å². The molecule has 2 aromatic carbocycles. The van der Waals surface area contributed by atoms with Crippen LogP contribution in [0.5, 0.6) is 11.5 Å². The number of hydrogen-bond acceptors (Lipinski definition) is 4. The fraction of sp³-hybridized carbons (Fsp3) is 0.0769. The Morgan fingerprint density at radius 1 is 1.11 bits per heavy atom. The molecule has 0 aliphatic carbocycles. The molecule has 0 heterocycles. The summed E-state index contributed by atoms with van der Waals surface area (Å²) in [7, 11) is -2.20. The van der Waals surface area contributed by atoms with Crippen LogP contribution < -0.4 is 9.46 Å². The van der Waals surface area contributed by atoms with Gasteiger partial charge < -0.3 is 9.84 Å². The van der Waals surface area contributed by atoms with E-state index in [4.69, 9.17) is 9.84 Å². The molecule has 0 radical (unpaired) electrons. The third kappa shape index (κ3) is 3.17. The molecule has 2 N–H and O–H groups in total. The molecule has 2 aromatic rings. The molecule has 0 unspecified atom stereocenters. The molecule has 100 valence electrons. The van der Waals surface area contributed by atoms with Crippen LogP contribution in [0.3, 0.4) is 0 Å². The smallest absolute Gasteiger partial charge is 0.262 e. The Bertz CT molecular complexity index is 665. The molecule has 0 fully saturated rings. The van der Waals surface area contributed by atoms with Crippen molar-refractivity contribution in [2.75, 3.05) is 11.8 Å². The first kappa shape index (κ1) is 13.2. The summed E-state index contributed by atoms with van der Waals surface area (Å²) in [6.45, 7) is 0. The first-order valence-electron chi connectivity index (χ1n) is 5.47. The van der Waals surface area contributed by atoms with Crippen molar-refractivity contribution in [2.45, 2.75) is 4.90 Å². The van der Waals surface area contributed by atoms with E-state index in [0.29, 0.717) is 11.4 Å². The average Bonchev–Trinajstić information content (AvgIpc) is 2.41. The fourth-order valence-electron chi connectivity index (χ4n) is 1.51. The second-order valence-corrected chi connectivity index (χ2v) is 5.51. The van der Waals surface area contributed by atoms with E-state index in [1.165, 1.54) is 43.5 Å². The molecule has 0 atom stereocenters. The first-order chi connectivity index (χ1) is 9.01. The number of nitrogens with one attached hydrogen (secondary N) is 1. The Morgan fingerprint density at radius 3 is 2.42 bits per heavy atom. The Hall–Kier alpha value is -2.21. The Labute approximate surface area is 111 Å². The van der Waals surface area contributed by atoms with Gasteiger partial charge in [0.15, 0.2) is 0 Å². The van der Waals surface area contributed by atoms with Crippen LogP contribution >= 0.6 is 0 Å². The van der Waals surface area contributed by atoms with Crippen molar-refractivity contribution in [1.29, 1.82) is 0 Å². The van der Waals surface area contributed by atoms with Gasteiger partial charge in [-0.15, -0.1) is 0 Å². The maximum atomic E-state index is 12.1. The Morgan fingerprint density at radius 2 is 1.79 bits per heavy atom. The van der Waals surface area contributed by atoms with E-state index in [1.807, 2.05) is 0 Å². The minimum absolute atomic E-state index is 0.0735. The standard InChI is InChI=1S/C13H13NO4S/c1-18-12-3-2-4-13(9-12)19(16,17)14-10-5-7-11(15)8-6-10/h2-9,14-15H,1H3. The number of ether oxygens (including phenoxy) is 1. The lowest BCUT2D eigenvalue weighted by Crippen LogP contribution is -2.12. The summed E-state index contributed by atoms with van der Waals surface area (Å²) in [6, 6.07) is 11.9. The van der Waals surface area contributed by atoms with Crippen molar-refractivity contribution in [3.8, 4) is 11.5 Å². The van der Waals surface area contributed by atoms with Crippen LogP contribution in [0.15, 0.2) is 53.4 Å². The normalized spacial score (nSPS) is 11.0. The number of benzene rings is 2. The van der Waals surface area contributed by atoms with Crippen molar-refractivity contribution in [1.82, 2.24) is 0 Å². The summed E-state index contributed by atoms with van der Waals surface area (Å²) >= 11 is 0. The van der Waals surface area contributed by atoms with Gasteiger partial charge in [-0.25, -0.2) is 8.42 Å².